The summed E-state index contributed by atoms with van der Waals surface area (Å²) >= 11 is 0. The molecule has 0 bridgehead atoms. The maximum atomic E-state index is 13.2. The summed E-state index contributed by atoms with van der Waals surface area (Å²) in [5.74, 6) is 0.201. The fourth-order valence-corrected chi connectivity index (χ4v) is 5.59. The van der Waals surface area contributed by atoms with Crippen molar-refractivity contribution in [3.63, 3.8) is 0 Å². The smallest absolute Gasteiger partial charge is 0.227 e. The van der Waals surface area contributed by atoms with E-state index in [0.29, 0.717) is 38.8 Å². The van der Waals surface area contributed by atoms with Crippen molar-refractivity contribution < 1.29 is 19.4 Å². The van der Waals surface area contributed by atoms with Crippen molar-refractivity contribution in [3.05, 3.63) is 35.9 Å². The van der Waals surface area contributed by atoms with E-state index in [-0.39, 0.29) is 35.9 Å². The summed E-state index contributed by atoms with van der Waals surface area (Å²) in [5.41, 5.74) is 0.441. The van der Waals surface area contributed by atoms with Crippen molar-refractivity contribution in [2.75, 3.05) is 13.2 Å². The van der Waals surface area contributed by atoms with Gasteiger partial charge in [0.25, 0.3) is 0 Å². The maximum Gasteiger partial charge on any atom is 0.227 e. The minimum absolute atomic E-state index is 0.0287. The molecular weight excluding hydrogens is 344 g/mol. The Morgan fingerprint density at radius 1 is 1.15 bits per heavy atom. The number of hydrogen-bond donors (Lipinski definition) is 1. The van der Waals surface area contributed by atoms with E-state index in [1.807, 2.05) is 40.1 Å². The van der Waals surface area contributed by atoms with Crippen LogP contribution in [0.3, 0.4) is 0 Å². The molecule has 3 atom stereocenters. The molecule has 0 unspecified atom stereocenters. The van der Waals surface area contributed by atoms with Crippen LogP contribution in [-0.2, 0) is 14.3 Å². The molecule has 3 aliphatic heterocycles. The SMILES string of the molecule is O=C(C1CCC(O)CC1)N1CC[C@@]23OC[C@@H](c4ccccc4)N2C(=O)C[C@@H]13. The van der Waals surface area contributed by atoms with Crippen LogP contribution < -0.4 is 0 Å². The Bertz CT molecular complexity index is 746. The van der Waals surface area contributed by atoms with E-state index in [4.69, 9.17) is 4.74 Å². The van der Waals surface area contributed by atoms with Gasteiger partial charge in [-0.1, -0.05) is 30.3 Å². The molecule has 1 N–H and O–H groups in total. The lowest BCUT2D eigenvalue weighted by Crippen LogP contribution is -2.50. The zero-order valence-electron chi connectivity index (χ0n) is 15.4. The number of aliphatic hydroxyl groups is 1. The number of amides is 2. The van der Waals surface area contributed by atoms with Gasteiger partial charge in [-0.2, -0.15) is 0 Å². The van der Waals surface area contributed by atoms with Gasteiger partial charge in [-0.3, -0.25) is 9.59 Å². The van der Waals surface area contributed by atoms with Crippen molar-refractivity contribution in [1.82, 2.24) is 9.80 Å². The lowest BCUT2D eigenvalue weighted by Gasteiger charge is -2.35. The van der Waals surface area contributed by atoms with Gasteiger partial charge in [0.05, 0.1) is 31.2 Å². The predicted octanol–water partition coefficient (Wildman–Crippen LogP) is 1.84. The van der Waals surface area contributed by atoms with Crippen molar-refractivity contribution in [3.8, 4) is 0 Å². The second-order valence-electron chi connectivity index (χ2n) is 8.35. The number of ether oxygens (including phenoxy) is 1. The van der Waals surface area contributed by atoms with E-state index in [1.165, 1.54) is 0 Å². The Labute approximate surface area is 159 Å². The number of aliphatic hydroxyl groups excluding tert-OH is 1. The second-order valence-corrected chi connectivity index (χ2v) is 8.35. The maximum absolute atomic E-state index is 13.2. The Balaban J connectivity index is 1.39. The van der Waals surface area contributed by atoms with Gasteiger partial charge in [0, 0.05) is 18.9 Å². The second kappa shape index (κ2) is 6.31. The lowest BCUT2D eigenvalue weighted by molar-refractivity contribution is -0.144. The highest BCUT2D eigenvalue weighted by Crippen LogP contribution is 2.52. The highest BCUT2D eigenvalue weighted by Gasteiger charge is 2.65. The molecule has 1 aromatic rings. The third kappa shape index (κ3) is 2.53. The first-order chi connectivity index (χ1) is 13.1. The van der Waals surface area contributed by atoms with E-state index in [0.717, 1.165) is 18.4 Å². The number of likely N-dealkylation sites (tertiary alicyclic amines) is 1. The summed E-state index contributed by atoms with van der Waals surface area (Å²) in [4.78, 5) is 29.9. The summed E-state index contributed by atoms with van der Waals surface area (Å²) in [6, 6.07) is 9.78. The van der Waals surface area contributed by atoms with E-state index >= 15 is 0 Å². The molecule has 3 saturated heterocycles. The van der Waals surface area contributed by atoms with E-state index in [1.54, 1.807) is 0 Å². The van der Waals surface area contributed by atoms with Crippen LogP contribution in [0.4, 0.5) is 0 Å². The minimum atomic E-state index is -0.651. The minimum Gasteiger partial charge on any atom is -0.393 e. The summed E-state index contributed by atoms with van der Waals surface area (Å²) in [6.45, 7) is 1.14. The largest absolute Gasteiger partial charge is 0.393 e. The van der Waals surface area contributed by atoms with Gasteiger partial charge in [0.15, 0.2) is 5.72 Å². The lowest BCUT2D eigenvalue weighted by atomic mass is 9.86. The van der Waals surface area contributed by atoms with Crippen LogP contribution in [0.2, 0.25) is 0 Å². The topological polar surface area (TPSA) is 70.1 Å². The van der Waals surface area contributed by atoms with Gasteiger partial charge in [0.2, 0.25) is 11.8 Å². The Morgan fingerprint density at radius 3 is 2.63 bits per heavy atom. The Kier molecular flexibility index (Phi) is 4.02. The first kappa shape index (κ1) is 17.2. The van der Waals surface area contributed by atoms with E-state index in [2.05, 4.69) is 0 Å². The van der Waals surface area contributed by atoms with Crippen LogP contribution in [0.5, 0.6) is 0 Å². The quantitative estimate of drug-likeness (QED) is 0.862. The van der Waals surface area contributed by atoms with Gasteiger partial charge >= 0.3 is 0 Å². The highest BCUT2D eigenvalue weighted by atomic mass is 16.5. The van der Waals surface area contributed by atoms with E-state index < -0.39 is 5.72 Å². The van der Waals surface area contributed by atoms with Crippen molar-refractivity contribution >= 4 is 11.8 Å². The first-order valence-corrected chi connectivity index (χ1v) is 10.1. The van der Waals surface area contributed by atoms with Gasteiger partial charge in [0.1, 0.15) is 0 Å². The van der Waals surface area contributed by atoms with Crippen LogP contribution in [-0.4, -0.2) is 57.7 Å². The van der Waals surface area contributed by atoms with Gasteiger partial charge < -0.3 is 19.6 Å². The van der Waals surface area contributed by atoms with Gasteiger partial charge in [-0.15, -0.1) is 0 Å². The molecule has 5 rings (SSSR count). The molecule has 1 aliphatic carbocycles. The number of carbonyl (C=O) groups excluding carboxylic acids is 2. The van der Waals surface area contributed by atoms with Gasteiger partial charge in [-0.25, -0.2) is 0 Å². The number of hydrogen-bond acceptors (Lipinski definition) is 4. The van der Waals surface area contributed by atoms with Crippen LogP contribution >= 0.6 is 0 Å². The fourth-order valence-electron chi connectivity index (χ4n) is 5.59. The van der Waals surface area contributed by atoms with Crippen molar-refractivity contribution in [2.24, 2.45) is 5.92 Å². The molecule has 2 amide bonds. The van der Waals surface area contributed by atoms with Crippen LogP contribution in [0.1, 0.15) is 50.1 Å². The van der Waals surface area contributed by atoms with Crippen LogP contribution in [0.25, 0.3) is 0 Å². The third-order valence-electron chi connectivity index (χ3n) is 6.97. The number of rotatable bonds is 2. The standard InChI is InChI=1S/C21H26N2O4/c24-16-8-6-15(7-9-16)20(26)22-11-10-21-18(22)12-19(25)23(21)17(13-27-21)14-4-2-1-3-5-14/h1-5,15-18,24H,6-13H2/t15?,16?,17-,18+,21-/m0/s1. The molecule has 0 radical (unpaired) electrons. The summed E-state index contributed by atoms with van der Waals surface area (Å²) in [7, 11) is 0. The predicted molar refractivity (Wildman–Crippen MR) is 97.4 cm³/mol. The molecule has 27 heavy (non-hydrogen) atoms. The Morgan fingerprint density at radius 2 is 1.89 bits per heavy atom. The monoisotopic (exact) mass is 370 g/mol. The number of carbonyl (C=O) groups is 2. The normalized spacial score (nSPS) is 38.2. The molecule has 1 spiro atoms. The first-order valence-electron chi connectivity index (χ1n) is 10.1. The average molecular weight is 370 g/mol. The fraction of sp³-hybridized carbons (Fsp3) is 0.619. The molecule has 144 valence electrons. The van der Waals surface area contributed by atoms with Crippen LogP contribution in [0.15, 0.2) is 30.3 Å². The van der Waals surface area contributed by atoms with Crippen molar-refractivity contribution in [1.29, 1.82) is 0 Å². The molecule has 0 aromatic heterocycles. The van der Waals surface area contributed by atoms with Gasteiger partial charge in [-0.05, 0) is 31.2 Å². The molecule has 6 heteroatoms. The highest BCUT2D eigenvalue weighted by molar-refractivity contribution is 5.86. The number of nitrogens with zero attached hydrogens (tertiary/aromatic N) is 2. The molecule has 3 heterocycles. The molecule has 1 saturated carbocycles. The zero-order valence-corrected chi connectivity index (χ0v) is 15.4. The summed E-state index contributed by atoms with van der Waals surface area (Å²) < 4.78 is 6.28. The average Bonchev–Trinajstić information content (AvgIpc) is 3.32. The third-order valence-corrected chi connectivity index (χ3v) is 6.97. The molecular formula is C21H26N2O4. The van der Waals surface area contributed by atoms with E-state index in [9.17, 15) is 14.7 Å². The Hall–Kier alpha value is -1.92. The van der Waals surface area contributed by atoms with Crippen LogP contribution in [0, 0.1) is 5.92 Å². The van der Waals surface area contributed by atoms with Crippen molar-refractivity contribution in [2.45, 2.75) is 62.4 Å². The zero-order chi connectivity index (χ0) is 18.6. The molecule has 1 aromatic carbocycles. The summed E-state index contributed by atoms with van der Waals surface area (Å²) in [6.07, 6.45) is 3.63. The summed E-state index contributed by atoms with van der Waals surface area (Å²) in [5, 5.41) is 9.72. The number of benzene rings is 1. The molecule has 4 fully saturated rings. The molecule has 4 aliphatic rings. The molecule has 6 nitrogen and oxygen atoms in total.